The summed E-state index contributed by atoms with van der Waals surface area (Å²) in [6, 6.07) is 5.90. The second-order valence-electron chi connectivity index (χ2n) is 4.57. The van der Waals surface area contributed by atoms with Crippen molar-refractivity contribution in [2.45, 2.75) is 42.6 Å². The van der Waals surface area contributed by atoms with Crippen molar-refractivity contribution >= 4 is 11.8 Å². The van der Waals surface area contributed by atoms with Crippen molar-refractivity contribution in [2.24, 2.45) is 0 Å². The molecule has 4 heteroatoms. The van der Waals surface area contributed by atoms with Crippen LogP contribution in [0.25, 0.3) is 0 Å². The quantitative estimate of drug-likeness (QED) is 0.911. The molecule has 0 spiro atoms. The molecule has 1 heterocycles. The lowest BCUT2D eigenvalue weighted by Crippen LogP contribution is -2.13. The highest BCUT2D eigenvalue weighted by Gasteiger charge is 2.27. The van der Waals surface area contributed by atoms with Gasteiger partial charge in [0.05, 0.1) is 19.3 Å². The summed E-state index contributed by atoms with van der Waals surface area (Å²) >= 11 is 1.78. The topological polar surface area (TPSA) is 38.7 Å². The number of thioether (sulfide) groups is 1. The first kappa shape index (κ1) is 13.7. The van der Waals surface area contributed by atoms with Crippen LogP contribution in [0.2, 0.25) is 0 Å². The SMILES string of the molecule is COc1cccc(SC2CCOC2C)c1C(C)O. The molecule has 1 fully saturated rings. The average molecular weight is 268 g/mol. The van der Waals surface area contributed by atoms with E-state index in [1.807, 2.05) is 18.2 Å². The predicted octanol–water partition coefficient (Wildman–Crippen LogP) is 3.02. The molecule has 1 aliphatic rings. The molecule has 18 heavy (non-hydrogen) atoms. The summed E-state index contributed by atoms with van der Waals surface area (Å²) in [5, 5.41) is 10.4. The van der Waals surface area contributed by atoms with Gasteiger partial charge >= 0.3 is 0 Å². The Balaban J connectivity index is 2.26. The Hall–Kier alpha value is -0.710. The van der Waals surface area contributed by atoms with Crippen LogP contribution < -0.4 is 4.74 Å². The third-order valence-corrected chi connectivity index (χ3v) is 4.78. The Morgan fingerprint density at radius 1 is 1.50 bits per heavy atom. The molecule has 3 nitrogen and oxygen atoms in total. The van der Waals surface area contributed by atoms with E-state index in [9.17, 15) is 5.11 Å². The van der Waals surface area contributed by atoms with Crippen molar-refractivity contribution in [2.75, 3.05) is 13.7 Å². The highest BCUT2D eigenvalue weighted by atomic mass is 32.2. The van der Waals surface area contributed by atoms with E-state index in [1.165, 1.54) is 0 Å². The first-order chi connectivity index (χ1) is 8.63. The highest BCUT2D eigenvalue weighted by molar-refractivity contribution is 8.00. The fraction of sp³-hybridized carbons (Fsp3) is 0.571. The van der Waals surface area contributed by atoms with E-state index in [2.05, 4.69) is 6.92 Å². The average Bonchev–Trinajstić information content (AvgIpc) is 2.74. The minimum Gasteiger partial charge on any atom is -0.496 e. The van der Waals surface area contributed by atoms with Gasteiger partial charge in [0.2, 0.25) is 0 Å². The molecule has 2 rings (SSSR count). The molecule has 0 amide bonds. The van der Waals surface area contributed by atoms with Crippen LogP contribution in [0.1, 0.15) is 31.9 Å². The van der Waals surface area contributed by atoms with Gasteiger partial charge in [0.1, 0.15) is 5.75 Å². The van der Waals surface area contributed by atoms with E-state index in [4.69, 9.17) is 9.47 Å². The van der Waals surface area contributed by atoms with Gasteiger partial charge in [-0.1, -0.05) is 6.07 Å². The Labute approximate surface area is 112 Å². The maximum Gasteiger partial charge on any atom is 0.125 e. The van der Waals surface area contributed by atoms with Crippen molar-refractivity contribution in [3.8, 4) is 5.75 Å². The van der Waals surface area contributed by atoms with Gasteiger partial charge in [-0.05, 0) is 32.4 Å². The molecule has 1 aromatic rings. The van der Waals surface area contributed by atoms with Crippen molar-refractivity contribution in [1.29, 1.82) is 0 Å². The Bertz CT molecular complexity index is 406. The Morgan fingerprint density at radius 2 is 2.28 bits per heavy atom. The minimum atomic E-state index is -0.527. The van der Waals surface area contributed by atoms with Crippen LogP contribution in [0.3, 0.4) is 0 Å². The van der Waals surface area contributed by atoms with E-state index in [1.54, 1.807) is 25.8 Å². The van der Waals surface area contributed by atoms with Crippen molar-refractivity contribution in [1.82, 2.24) is 0 Å². The predicted molar refractivity (Wildman–Crippen MR) is 73.3 cm³/mol. The van der Waals surface area contributed by atoms with Gasteiger partial charge in [-0.25, -0.2) is 0 Å². The summed E-state index contributed by atoms with van der Waals surface area (Å²) in [5.41, 5.74) is 0.879. The lowest BCUT2D eigenvalue weighted by Gasteiger charge is -2.19. The largest absolute Gasteiger partial charge is 0.496 e. The number of rotatable bonds is 4. The Morgan fingerprint density at radius 3 is 2.83 bits per heavy atom. The molecular formula is C14H20O3S. The van der Waals surface area contributed by atoms with E-state index in [0.29, 0.717) is 5.25 Å². The number of ether oxygens (including phenoxy) is 2. The molecule has 1 saturated heterocycles. The van der Waals surface area contributed by atoms with Gasteiger partial charge in [-0.3, -0.25) is 0 Å². The zero-order chi connectivity index (χ0) is 13.1. The summed E-state index contributed by atoms with van der Waals surface area (Å²) < 4.78 is 10.9. The third-order valence-electron chi connectivity index (χ3n) is 3.25. The maximum atomic E-state index is 9.93. The first-order valence-electron chi connectivity index (χ1n) is 6.26. The van der Waals surface area contributed by atoms with Crippen LogP contribution in [0, 0.1) is 0 Å². The standard InChI is InChI=1S/C14H20O3S/c1-9(15)14-11(16-3)5-4-6-13(14)18-12-7-8-17-10(12)2/h4-6,9-10,12,15H,7-8H2,1-3H3. The molecule has 0 aliphatic carbocycles. The van der Waals surface area contributed by atoms with Crippen molar-refractivity contribution in [3.05, 3.63) is 23.8 Å². The van der Waals surface area contributed by atoms with E-state index >= 15 is 0 Å². The third kappa shape index (κ3) is 2.82. The number of hydrogen-bond acceptors (Lipinski definition) is 4. The van der Waals surface area contributed by atoms with Gasteiger partial charge in [-0.2, -0.15) is 0 Å². The van der Waals surface area contributed by atoms with Gasteiger partial charge in [0.25, 0.3) is 0 Å². The monoisotopic (exact) mass is 268 g/mol. The van der Waals surface area contributed by atoms with E-state index < -0.39 is 6.10 Å². The summed E-state index contributed by atoms with van der Waals surface area (Å²) in [5.74, 6) is 0.751. The van der Waals surface area contributed by atoms with Crippen LogP contribution in [-0.4, -0.2) is 30.2 Å². The summed E-state index contributed by atoms with van der Waals surface area (Å²) in [6.45, 7) is 4.70. The zero-order valence-electron chi connectivity index (χ0n) is 11.1. The summed E-state index contributed by atoms with van der Waals surface area (Å²) in [7, 11) is 1.64. The summed E-state index contributed by atoms with van der Waals surface area (Å²) in [4.78, 5) is 1.09. The molecule has 1 N–H and O–H groups in total. The van der Waals surface area contributed by atoms with E-state index in [-0.39, 0.29) is 6.10 Å². The fourth-order valence-electron chi connectivity index (χ4n) is 2.25. The highest BCUT2D eigenvalue weighted by Crippen LogP contribution is 2.39. The molecule has 0 bridgehead atoms. The molecule has 0 saturated carbocycles. The van der Waals surface area contributed by atoms with Gasteiger partial charge in [0, 0.05) is 22.3 Å². The molecule has 0 radical (unpaired) electrons. The molecule has 1 aliphatic heterocycles. The molecule has 0 aromatic heterocycles. The first-order valence-corrected chi connectivity index (χ1v) is 7.14. The molecule has 1 aromatic carbocycles. The zero-order valence-corrected chi connectivity index (χ0v) is 11.9. The van der Waals surface area contributed by atoms with Crippen LogP contribution in [-0.2, 0) is 4.74 Å². The van der Waals surface area contributed by atoms with Crippen molar-refractivity contribution < 1.29 is 14.6 Å². The van der Waals surface area contributed by atoms with Crippen LogP contribution in [0.5, 0.6) is 5.75 Å². The number of aliphatic hydroxyl groups is 1. The molecule has 100 valence electrons. The van der Waals surface area contributed by atoms with Crippen LogP contribution in [0.15, 0.2) is 23.1 Å². The fourth-order valence-corrected chi connectivity index (χ4v) is 3.61. The van der Waals surface area contributed by atoms with Crippen LogP contribution in [0.4, 0.5) is 0 Å². The van der Waals surface area contributed by atoms with Gasteiger partial charge in [0.15, 0.2) is 0 Å². The lowest BCUT2D eigenvalue weighted by molar-refractivity contribution is 0.127. The number of aliphatic hydroxyl groups excluding tert-OH is 1. The van der Waals surface area contributed by atoms with E-state index in [0.717, 1.165) is 29.2 Å². The lowest BCUT2D eigenvalue weighted by atomic mass is 10.1. The van der Waals surface area contributed by atoms with Gasteiger partial charge in [-0.15, -0.1) is 11.8 Å². The molecule has 3 atom stereocenters. The second kappa shape index (κ2) is 5.95. The normalized spacial score (nSPS) is 25.1. The Kier molecular flexibility index (Phi) is 4.54. The summed E-state index contributed by atoms with van der Waals surface area (Å²) in [6.07, 6.45) is 0.798. The number of hydrogen-bond donors (Lipinski definition) is 1. The smallest absolute Gasteiger partial charge is 0.125 e. The molecule has 3 unspecified atom stereocenters. The molecular weight excluding hydrogens is 248 g/mol. The maximum absolute atomic E-state index is 9.93. The number of benzene rings is 1. The minimum absolute atomic E-state index is 0.267. The van der Waals surface area contributed by atoms with Crippen molar-refractivity contribution in [3.63, 3.8) is 0 Å². The van der Waals surface area contributed by atoms with Gasteiger partial charge < -0.3 is 14.6 Å². The van der Waals surface area contributed by atoms with Crippen LogP contribution >= 0.6 is 11.8 Å². The second-order valence-corrected chi connectivity index (χ2v) is 5.85. The number of methoxy groups -OCH3 is 1.